The van der Waals surface area contributed by atoms with Gasteiger partial charge < -0.3 is 10.6 Å². The van der Waals surface area contributed by atoms with Gasteiger partial charge in [0.2, 0.25) is 5.91 Å². The van der Waals surface area contributed by atoms with Crippen LogP contribution in [-0.2, 0) is 14.6 Å². The number of sulfone groups is 1. The van der Waals surface area contributed by atoms with E-state index in [4.69, 9.17) is 0 Å². The molecule has 4 heterocycles. The third-order valence-corrected chi connectivity index (χ3v) is 7.17. The first-order valence-electron chi connectivity index (χ1n) is 8.64. The van der Waals surface area contributed by atoms with E-state index in [0.717, 1.165) is 11.3 Å². The van der Waals surface area contributed by atoms with Gasteiger partial charge in [-0.2, -0.15) is 5.10 Å². The molecule has 2 aromatic rings. The first-order valence-corrected chi connectivity index (χ1v) is 10.5. The van der Waals surface area contributed by atoms with Gasteiger partial charge >= 0.3 is 0 Å². The number of H-pyrrole nitrogens is 1. The molecule has 1 amide bonds. The number of anilines is 1. The highest BCUT2D eigenvalue weighted by Crippen LogP contribution is 2.42. The van der Waals surface area contributed by atoms with Crippen molar-refractivity contribution in [3.63, 3.8) is 0 Å². The lowest BCUT2D eigenvalue weighted by Gasteiger charge is -2.37. The molecule has 2 aliphatic heterocycles. The van der Waals surface area contributed by atoms with Crippen molar-refractivity contribution in [2.75, 3.05) is 29.9 Å². The molecule has 138 valence electrons. The molecule has 26 heavy (non-hydrogen) atoms. The van der Waals surface area contributed by atoms with Crippen molar-refractivity contribution in [1.82, 2.24) is 20.5 Å². The molecular weight excluding hydrogens is 354 g/mol. The summed E-state index contributed by atoms with van der Waals surface area (Å²) in [4.78, 5) is 17.1. The molecule has 1 unspecified atom stereocenters. The van der Waals surface area contributed by atoms with Crippen LogP contribution in [0.3, 0.4) is 0 Å². The Morgan fingerprint density at radius 1 is 1.27 bits per heavy atom. The SMILES string of the molecule is O=C(Nc1cncc(-c2ccn[nH]2)c1)C1CNCC12CCS(=O)(=O)CC2. The second kappa shape index (κ2) is 6.48. The number of hydrogen-bond acceptors (Lipinski definition) is 6. The lowest BCUT2D eigenvalue weighted by atomic mass is 9.73. The number of nitrogens with zero attached hydrogens (tertiary/aromatic N) is 2. The van der Waals surface area contributed by atoms with Gasteiger partial charge in [-0.25, -0.2) is 8.42 Å². The molecule has 0 aromatic carbocycles. The first kappa shape index (κ1) is 17.2. The zero-order chi connectivity index (χ0) is 18.2. The van der Waals surface area contributed by atoms with Crippen LogP contribution in [0.15, 0.2) is 30.7 Å². The topological polar surface area (TPSA) is 117 Å². The van der Waals surface area contributed by atoms with E-state index in [2.05, 4.69) is 25.8 Å². The molecule has 2 saturated heterocycles. The first-order chi connectivity index (χ1) is 12.5. The Morgan fingerprint density at radius 3 is 2.81 bits per heavy atom. The van der Waals surface area contributed by atoms with Crippen molar-refractivity contribution in [2.24, 2.45) is 11.3 Å². The number of aromatic nitrogens is 3. The number of carbonyl (C=O) groups excluding carboxylic acids is 1. The van der Waals surface area contributed by atoms with E-state index in [1.54, 1.807) is 18.6 Å². The maximum absolute atomic E-state index is 12.9. The van der Waals surface area contributed by atoms with Gasteiger partial charge in [0, 0.05) is 31.0 Å². The Hall–Kier alpha value is -2.26. The second-order valence-corrected chi connectivity index (χ2v) is 9.42. The Morgan fingerprint density at radius 2 is 2.08 bits per heavy atom. The molecule has 0 bridgehead atoms. The van der Waals surface area contributed by atoms with Crippen molar-refractivity contribution < 1.29 is 13.2 Å². The fourth-order valence-corrected chi connectivity index (χ4v) is 5.59. The summed E-state index contributed by atoms with van der Waals surface area (Å²) in [5.41, 5.74) is 2.00. The Balaban J connectivity index is 1.50. The van der Waals surface area contributed by atoms with E-state index in [9.17, 15) is 13.2 Å². The number of hydrogen-bond donors (Lipinski definition) is 3. The van der Waals surface area contributed by atoms with E-state index < -0.39 is 9.84 Å². The zero-order valence-corrected chi connectivity index (χ0v) is 15.1. The summed E-state index contributed by atoms with van der Waals surface area (Å²) in [7, 11) is -2.96. The second-order valence-electron chi connectivity index (χ2n) is 7.12. The third-order valence-electron chi connectivity index (χ3n) is 5.52. The van der Waals surface area contributed by atoms with E-state index >= 15 is 0 Å². The molecule has 3 N–H and O–H groups in total. The van der Waals surface area contributed by atoms with Crippen LogP contribution in [-0.4, -0.2) is 54.1 Å². The Labute approximate surface area is 151 Å². The standard InChI is InChI=1S/C17H21N5O3S/c23-16(14-10-19-11-17(14)2-5-26(24,25)6-3-17)21-13-7-12(8-18-9-13)15-1-4-20-22-15/h1,4,7-9,14,19H,2-3,5-6,10-11H2,(H,20,22)(H,21,23). The molecule has 0 saturated carbocycles. The minimum absolute atomic E-state index is 0.0853. The lowest BCUT2D eigenvalue weighted by Crippen LogP contribution is -2.43. The predicted molar refractivity (Wildman–Crippen MR) is 97.1 cm³/mol. The fraction of sp³-hybridized carbons (Fsp3) is 0.471. The van der Waals surface area contributed by atoms with Crippen LogP contribution in [0, 0.1) is 11.3 Å². The van der Waals surface area contributed by atoms with Crippen molar-refractivity contribution in [3.8, 4) is 11.3 Å². The van der Waals surface area contributed by atoms with Crippen molar-refractivity contribution in [3.05, 3.63) is 30.7 Å². The molecule has 1 spiro atoms. The minimum Gasteiger partial charge on any atom is -0.324 e. The van der Waals surface area contributed by atoms with Gasteiger partial charge in [0.1, 0.15) is 9.84 Å². The number of aromatic amines is 1. The summed E-state index contributed by atoms with van der Waals surface area (Å²) in [6.45, 7) is 1.26. The highest BCUT2D eigenvalue weighted by molar-refractivity contribution is 7.91. The molecule has 9 heteroatoms. The molecule has 1 atom stereocenters. The number of rotatable bonds is 3. The van der Waals surface area contributed by atoms with Gasteiger partial charge in [0.25, 0.3) is 0 Å². The highest BCUT2D eigenvalue weighted by Gasteiger charge is 2.49. The zero-order valence-electron chi connectivity index (χ0n) is 14.2. The molecule has 2 aliphatic rings. The quantitative estimate of drug-likeness (QED) is 0.731. The molecule has 4 rings (SSSR count). The lowest BCUT2D eigenvalue weighted by molar-refractivity contribution is -0.122. The van der Waals surface area contributed by atoms with Crippen LogP contribution in [0.4, 0.5) is 5.69 Å². The Kier molecular flexibility index (Phi) is 4.28. The van der Waals surface area contributed by atoms with Crippen LogP contribution >= 0.6 is 0 Å². The van der Waals surface area contributed by atoms with Crippen LogP contribution in [0.5, 0.6) is 0 Å². The van der Waals surface area contributed by atoms with Crippen LogP contribution in [0.2, 0.25) is 0 Å². The van der Waals surface area contributed by atoms with Gasteiger partial charge in [0.15, 0.2) is 0 Å². The summed E-state index contributed by atoms with van der Waals surface area (Å²) in [6.07, 6.45) is 6.04. The van der Waals surface area contributed by atoms with Crippen LogP contribution in [0.25, 0.3) is 11.3 Å². The number of amides is 1. The number of pyridine rings is 1. The van der Waals surface area contributed by atoms with Gasteiger partial charge in [-0.15, -0.1) is 0 Å². The smallest absolute Gasteiger partial charge is 0.229 e. The summed E-state index contributed by atoms with van der Waals surface area (Å²) < 4.78 is 23.5. The summed E-state index contributed by atoms with van der Waals surface area (Å²) in [6, 6.07) is 3.68. The average Bonchev–Trinajstić information content (AvgIpc) is 3.29. The molecular formula is C17H21N5O3S. The molecule has 8 nitrogen and oxygen atoms in total. The molecule has 2 fully saturated rings. The maximum atomic E-state index is 12.9. The van der Waals surface area contributed by atoms with Crippen molar-refractivity contribution in [2.45, 2.75) is 12.8 Å². The maximum Gasteiger partial charge on any atom is 0.229 e. The summed E-state index contributed by atoms with van der Waals surface area (Å²) in [5, 5.41) is 13.0. The minimum atomic E-state index is -2.96. The molecule has 0 aliphatic carbocycles. The monoisotopic (exact) mass is 375 g/mol. The fourth-order valence-electron chi connectivity index (χ4n) is 3.95. The van der Waals surface area contributed by atoms with E-state index in [0.29, 0.717) is 31.6 Å². The largest absolute Gasteiger partial charge is 0.324 e. The van der Waals surface area contributed by atoms with Crippen molar-refractivity contribution in [1.29, 1.82) is 0 Å². The summed E-state index contributed by atoms with van der Waals surface area (Å²) in [5.74, 6) is -0.00310. The van der Waals surface area contributed by atoms with E-state index in [-0.39, 0.29) is 28.7 Å². The van der Waals surface area contributed by atoms with E-state index in [1.165, 1.54) is 0 Å². The van der Waals surface area contributed by atoms with Crippen LogP contribution in [0.1, 0.15) is 12.8 Å². The predicted octanol–water partition coefficient (Wildman–Crippen LogP) is 0.825. The van der Waals surface area contributed by atoms with Gasteiger partial charge in [-0.05, 0) is 30.4 Å². The summed E-state index contributed by atoms with van der Waals surface area (Å²) >= 11 is 0. The number of carbonyl (C=O) groups is 1. The Bertz CT molecular complexity index is 896. The van der Waals surface area contributed by atoms with Gasteiger partial charge in [-0.1, -0.05) is 0 Å². The molecule has 0 radical (unpaired) electrons. The number of nitrogens with one attached hydrogen (secondary N) is 3. The van der Waals surface area contributed by atoms with Crippen LogP contribution < -0.4 is 10.6 Å². The average molecular weight is 375 g/mol. The molecule has 2 aromatic heterocycles. The third kappa shape index (κ3) is 3.24. The van der Waals surface area contributed by atoms with Crippen molar-refractivity contribution >= 4 is 21.4 Å². The van der Waals surface area contributed by atoms with E-state index in [1.807, 2.05) is 12.1 Å². The van der Waals surface area contributed by atoms with Gasteiger partial charge in [-0.3, -0.25) is 14.9 Å². The highest BCUT2D eigenvalue weighted by atomic mass is 32.2. The van der Waals surface area contributed by atoms with Gasteiger partial charge in [0.05, 0.1) is 35.0 Å². The normalized spacial score (nSPS) is 23.8.